The molecule has 1 aliphatic rings. The largest absolute Gasteiger partial charge is 0.479 e. The van der Waals surface area contributed by atoms with Crippen molar-refractivity contribution in [3.05, 3.63) is 0 Å². The first-order valence-electron chi connectivity index (χ1n) is 5.58. The fraction of sp³-hybridized carbons (Fsp3) is 0.800. The van der Waals surface area contributed by atoms with E-state index in [1.54, 1.807) is 0 Å². The summed E-state index contributed by atoms with van der Waals surface area (Å²) >= 11 is 1.82. The van der Waals surface area contributed by atoms with Crippen LogP contribution in [0.5, 0.6) is 0 Å². The second-order valence-electron chi connectivity index (χ2n) is 3.92. The van der Waals surface area contributed by atoms with E-state index in [1.807, 2.05) is 11.8 Å². The Bertz CT molecular complexity index is 269. The van der Waals surface area contributed by atoms with Gasteiger partial charge in [0.1, 0.15) is 0 Å². The summed E-state index contributed by atoms with van der Waals surface area (Å²) < 4.78 is 0. The molecule has 4 N–H and O–H groups in total. The number of carbonyl (C=O) groups excluding carboxylic acids is 1. The topological polar surface area (TPSA) is 98.7 Å². The molecule has 0 aromatic rings. The van der Waals surface area contributed by atoms with E-state index in [4.69, 9.17) is 10.2 Å². The lowest BCUT2D eigenvalue weighted by molar-refractivity contribution is -0.147. The summed E-state index contributed by atoms with van der Waals surface area (Å²) in [5, 5.41) is 23.3. The summed E-state index contributed by atoms with van der Waals surface area (Å²) in [5.41, 5.74) is 0. The standard InChI is InChI=1S/C10H18N2O4S/c13-8(10(15)16)1-2-12-9(14)5-7-6-17-4-3-11-7/h7-8,11,13H,1-6H2,(H,12,14)(H,15,16). The Hall–Kier alpha value is -0.790. The minimum atomic E-state index is -1.40. The van der Waals surface area contributed by atoms with Crippen LogP contribution in [0.1, 0.15) is 12.8 Å². The first-order chi connectivity index (χ1) is 8.09. The van der Waals surface area contributed by atoms with Gasteiger partial charge in [0.2, 0.25) is 5.91 Å². The van der Waals surface area contributed by atoms with Gasteiger partial charge in [-0.3, -0.25) is 4.79 Å². The first-order valence-corrected chi connectivity index (χ1v) is 6.73. The molecule has 1 saturated heterocycles. The molecule has 0 saturated carbocycles. The minimum absolute atomic E-state index is 0.0356. The SMILES string of the molecule is O=C(CC1CSCCN1)NCCC(O)C(=O)O. The third kappa shape index (κ3) is 5.90. The number of carboxylic acids is 1. The Kier molecular flexibility index (Phi) is 6.31. The van der Waals surface area contributed by atoms with E-state index in [2.05, 4.69) is 10.6 Å². The van der Waals surface area contributed by atoms with Crippen molar-refractivity contribution in [1.29, 1.82) is 0 Å². The monoisotopic (exact) mass is 262 g/mol. The Morgan fingerprint density at radius 2 is 2.29 bits per heavy atom. The Morgan fingerprint density at radius 1 is 1.53 bits per heavy atom. The molecule has 7 heteroatoms. The molecule has 2 atom stereocenters. The predicted octanol–water partition coefficient (Wildman–Crippen LogP) is -0.967. The summed E-state index contributed by atoms with van der Waals surface area (Å²) in [6.45, 7) is 1.10. The molecule has 6 nitrogen and oxygen atoms in total. The fourth-order valence-electron chi connectivity index (χ4n) is 1.52. The normalized spacial score (nSPS) is 21.8. The summed E-state index contributed by atoms with van der Waals surface area (Å²) in [7, 11) is 0. The molecule has 1 fully saturated rings. The molecule has 1 heterocycles. The number of nitrogens with one attached hydrogen (secondary N) is 2. The van der Waals surface area contributed by atoms with Crippen LogP contribution in [0.15, 0.2) is 0 Å². The van der Waals surface area contributed by atoms with E-state index in [9.17, 15) is 9.59 Å². The molecular formula is C10H18N2O4S. The molecule has 0 aliphatic carbocycles. The van der Waals surface area contributed by atoms with Gasteiger partial charge in [-0.15, -0.1) is 0 Å². The number of aliphatic hydroxyl groups is 1. The molecular weight excluding hydrogens is 244 g/mol. The van der Waals surface area contributed by atoms with E-state index in [-0.39, 0.29) is 24.9 Å². The predicted molar refractivity (Wildman–Crippen MR) is 65.0 cm³/mol. The second kappa shape index (κ2) is 7.52. The lowest BCUT2D eigenvalue weighted by atomic mass is 10.2. The van der Waals surface area contributed by atoms with Gasteiger partial charge in [-0.1, -0.05) is 0 Å². The maximum Gasteiger partial charge on any atom is 0.332 e. The molecule has 0 spiro atoms. The zero-order chi connectivity index (χ0) is 12.7. The smallest absolute Gasteiger partial charge is 0.332 e. The zero-order valence-corrected chi connectivity index (χ0v) is 10.3. The van der Waals surface area contributed by atoms with Crippen molar-refractivity contribution < 1.29 is 19.8 Å². The van der Waals surface area contributed by atoms with E-state index in [1.165, 1.54) is 0 Å². The Balaban J connectivity index is 2.10. The van der Waals surface area contributed by atoms with Crippen LogP contribution in [0, 0.1) is 0 Å². The van der Waals surface area contributed by atoms with Gasteiger partial charge in [0.05, 0.1) is 0 Å². The van der Waals surface area contributed by atoms with Crippen LogP contribution in [0.25, 0.3) is 0 Å². The van der Waals surface area contributed by atoms with Crippen molar-refractivity contribution >= 4 is 23.6 Å². The molecule has 1 rings (SSSR count). The Labute approximate surface area is 104 Å². The van der Waals surface area contributed by atoms with E-state index >= 15 is 0 Å². The maximum atomic E-state index is 11.5. The number of rotatable bonds is 6. The number of carboxylic acid groups (broad SMARTS) is 1. The van der Waals surface area contributed by atoms with Crippen molar-refractivity contribution in [3.8, 4) is 0 Å². The van der Waals surface area contributed by atoms with Crippen LogP contribution in [-0.2, 0) is 9.59 Å². The maximum absolute atomic E-state index is 11.5. The minimum Gasteiger partial charge on any atom is -0.479 e. The number of amides is 1. The lowest BCUT2D eigenvalue weighted by Gasteiger charge is -2.22. The zero-order valence-electron chi connectivity index (χ0n) is 9.52. The van der Waals surface area contributed by atoms with E-state index in [0.717, 1.165) is 18.1 Å². The average Bonchev–Trinajstić information content (AvgIpc) is 2.30. The third-order valence-corrected chi connectivity index (χ3v) is 3.59. The highest BCUT2D eigenvalue weighted by Crippen LogP contribution is 2.09. The van der Waals surface area contributed by atoms with Crippen molar-refractivity contribution in [1.82, 2.24) is 10.6 Å². The van der Waals surface area contributed by atoms with Crippen molar-refractivity contribution in [2.75, 3.05) is 24.6 Å². The van der Waals surface area contributed by atoms with Crippen LogP contribution in [0.3, 0.4) is 0 Å². The second-order valence-corrected chi connectivity index (χ2v) is 5.07. The third-order valence-electron chi connectivity index (χ3n) is 2.46. The van der Waals surface area contributed by atoms with Gasteiger partial charge in [-0.05, 0) is 0 Å². The molecule has 98 valence electrons. The summed E-state index contributed by atoms with van der Waals surface area (Å²) in [4.78, 5) is 21.8. The van der Waals surface area contributed by atoms with Gasteiger partial charge in [-0.2, -0.15) is 11.8 Å². The highest BCUT2D eigenvalue weighted by atomic mass is 32.2. The van der Waals surface area contributed by atoms with Crippen LogP contribution >= 0.6 is 11.8 Å². The van der Waals surface area contributed by atoms with Crippen LogP contribution < -0.4 is 10.6 Å². The lowest BCUT2D eigenvalue weighted by Crippen LogP contribution is -2.41. The quantitative estimate of drug-likeness (QED) is 0.492. The van der Waals surface area contributed by atoms with Gasteiger partial charge < -0.3 is 20.8 Å². The number of hydrogen-bond acceptors (Lipinski definition) is 5. The fourth-order valence-corrected chi connectivity index (χ4v) is 2.47. The van der Waals surface area contributed by atoms with Gasteiger partial charge in [0.25, 0.3) is 0 Å². The Morgan fingerprint density at radius 3 is 2.88 bits per heavy atom. The van der Waals surface area contributed by atoms with Crippen molar-refractivity contribution in [3.63, 3.8) is 0 Å². The van der Waals surface area contributed by atoms with E-state index < -0.39 is 12.1 Å². The number of hydrogen-bond donors (Lipinski definition) is 4. The molecule has 0 bridgehead atoms. The van der Waals surface area contributed by atoms with Gasteiger partial charge >= 0.3 is 5.97 Å². The number of aliphatic carboxylic acids is 1. The summed E-state index contributed by atoms with van der Waals surface area (Å²) in [6, 6.07) is 0.193. The van der Waals surface area contributed by atoms with Gasteiger partial charge in [-0.25, -0.2) is 4.79 Å². The van der Waals surface area contributed by atoms with Crippen LogP contribution in [0.2, 0.25) is 0 Å². The van der Waals surface area contributed by atoms with Crippen LogP contribution in [0.4, 0.5) is 0 Å². The molecule has 1 amide bonds. The first kappa shape index (κ1) is 14.3. The van der Waals surface area contributed by atoms with E-state index in [0.29, 0.717) is 6.42 Å². The molecule has 17 heavy (non-hydrogen) atoms. The number of carbonyl (C=O) groups is 2. The van der Waals surface area contributed by atoms with Gasteiger partial charge in [0, 0.05) is 43.5 Å². The van der Waals surface area contributed by atoms with Crippen molar-refractivity contribution in [2.45, 2.75) is 25.0 Å². The number of thioether (sulfide) groups is 1. The summed E-state index contributed by atoms with van der Waals surface area (Å²) in [6.07, 6.45) is -0.969. The van der Waals surface area contributed by atoms with Crippen LogP contribution in [-0.4, -0.2) is 58.8 Å². The highest BCUT2D eigenvalue weighted by Gasteiger charge is 2.17. The molecule has 0 aromatic carbocycles. The highest BCUT2D eigenvalue weighted by molar-refractivity contribution is 7.99. The average molecular weight is 262 g/mol. The van der Waals surface area contributed by atoms with Gasteiger partial charge in [0.15, 0.2) is 6.10 Å². The molecule has 2 unspecified atom stereocenters. The van der Waals surface area contributed by atoms with Crippen molar-refractivity contribution in [2.24, 2.45) is 0 Å². The molecule has 0 radical (unpaired) electrons. The molecule has 1 aliphatic heterocycles. The molecule has 0 aromatic heterocycles. The number of aliphatic hydroxyl groups excluding tert-OH is 1. The summed E-state index contributed by atoms with van der Waals surface area (Å²) in [5.74, 6) is 0.626.